The topological polar surface area (TPSA) is 85.6 Å². The summed E-state index contributed by atoms with van der Waals surface area (Å²) in [7, 11) is 0. The molecule has 0 spiro atoms. The molecule has 3 aromatic rings. The number of carbonyl (C=O) groups excluding carboxylic acids is 1. The van der Waals surface area contributed by atoms with Crippen molar-refractivity contribution in [1.82, 2.24) is 25.2 Å². The molecule has 8 heteroatoms. The molecule has 5 rings (SSSR count). The maximum Gasteiger partial charge on any atom is 0.226 e. The van der Waals surface area contributed by atoms with Gasteiger partial charge in [-0.2, -0.15) is 0 Å². The van der Waals surface area contributed by atoms with E-state index in [9.17, 15) is 4.79 Å². The predicted molar refractivity (Wildman–Crippen MR) is 97.8 cm³/mol. The first kappa shape index (κ1) is 15.6. The lowest BCUT2D eigenvalue weighted by Crippen LogP contribution is -2.12. The van der Waals surface area contributed by atoms with Crippen LogP contribution in [0, 0.1) is 17.8 Å². The monoisotopic (exact) mass is 366 g/mol. The van der Waals surface area contributed by atoms with Crippen molar-refractivity contribution in [3.8, 4) is 16.9 Å². The zero-order chi connectivity index (χ0) is 17.5. The molecule has 0 unspecified atom stereocenters. The Morgan fingerprint density at radius 2 is 2.27 bits per heavy atom. The van der Waals surface area contributed by atoms with E-state index in [0.717, 1.165) is 28.8 Å². The summed E-state index contributed by atoms with van der Waals surface area (Å²) in [5.41, 5.74) is 2.67. The maximum absolute atomic E-state index is 12.2. The molecule has 2 saturated carbocycles. The van der Waals surface area contributed by atoms with Crippen LogP contribution in [0.1, 0.15) is 25.7 Å². The maximum atomic E-state index is 12.2. The van der Waals surface area contributed by atoms with Crippen LogP contribution in [-0.2, 0) is 4.79 Å². The number of thiazole rings is 1. The van der Waals surface area contributed by atoms with Crippen molar-refractivity contribution in [2.45, 2.75) is 25.7 Å². The number of nitrogens with one attached hydrogen (secondary N) is 1. The van der Waals surface area contributed by atoms with Gasteiger partial charge in [0.15, 0.2) is 5.13 Å². The van der Waals surface area contributed by atoms with Crippen LogP contribution in [0.4, 0.5) is 5.13 Å². The SMILES string of the molecule is O=C(C[C@@H]1C[C@H]1C1CC1)Nc1nc(-c2cccc(-n3cnnn3)c2)cs1. The molecule has 7 nitrogen and oxygen atoms in total. The molecule has 0 aliphatic heterocycles. The third-order valence-electron chi connectivity index (χ3n) is 5.16. The van der Waals surface area contributed by atoms with Crippen LogP contribution < -0.4 is 5.32 Å². The zero-order valence-corrected chi connectivity index (χ0v) is 14.9. The van der Waals surface area contributed by atoms with Gasteiger partial charge in [0.05, 0.1) is 11.4 Å². The van der Waals surface area contributed by atoms with Crippen molar-refractivity contribution in [1.29, 1.82) is 0 Å². The molecule has 0 saturated heterocycles. The molecule has 2 fully saturated rings. The molecular weight excluding hydrogens is 348 g/mol. The molecule has 2 atom stereocenters. The molecule has 2 aliphatic rings. The Morgan fingerprint density at radius 3 is 3.08 bits per heavy atom. The van der Waals surface area contributed by atoms with Crippen LogP contribution >= 0.6 is 11.3 Å². The zero-order valence-electron chi connectivity index (χ0n) is 14.1. The van der Waals surface area contributed by atoms with Crippen molar-refractivity contribution < 1.29 is 4.79 Å². The van der Waals surface area contributed by atoms with Crippen LogP contribution in [0.25, 0.3) is 16.9 Å². The molecule has 2 aromatic heterocycles. The van der Waals surface area contributed by atoms with Crippen molar-refractivity contribution in [2.75, 3.05) is 5.32 Å². The molecule has 0 radical (unpaired) electrons. The van der Waals surface area contributed by atoms with Gasteiger partial charge in [0, 0.05) is 17.4 Å². The number of benzene rings is 1. The van der Waals surface area contributed by atoms with E-state index in [4.69, 9.17) is 0 Å². The van der Waals surface area contributed by atoms with Gasteiger partial charge in [0.2, 0.25) is 5.91 Å². The number of amides is 1. The van der Waals surface area contributed by atoms with Gasteiger partial charge >= 0.3 is 0 Å². The summed E-state index contributed by atoms with van der Waals surface area (Å²) in [6, 6.07) is 7.83. The average molecular weight is 366 g/mol. The minimum atomic E-state index is 0.0847. The number of nitrogens with zero attached hydrogens (tertiary/aromatic N) is 5. The van der Waals surface area contributed by atoms with Gasteiger partial charge in [-0.05, 0) is 59.6 Å². The Hall–Kier alpha value is -2.61. The van der Waals surface area contributed by atoms with Crippen LogP contribution in [0.15, 0.2) is 36.0 Å². The number of hydrogen-bond acceptors (Lipinski definition) is 6. The van der Waals surface area contributed by atoms with Crippen LogP contribution in [-0.4, -0.2) is 31.1 Å². The molecule has 0 bridgehead atoms. The van der Waals surface area contributed by atoms with Gasteiger partial charge in [-0.1, -0.05) is 12.1 Å². The van der Waals surface area contributed by atoms with Gasteiger partial charge in [0.1, 0.15) is 6.33 Å². The fraction of sp³-hybridized carbons (Fsp3) is 0.389. The van der Waals surface area contributed by atoms with Gasteiger partial charge in [-0.25, -0.2) is 9.67 Å². The summed E-state index contributed by atoms with van der Waals surface area (Å²) < 4.78 is 1.60. The van der Waals surface area contributed by atoms with Gasteiger partial charge in [-0.3, -0.25) is 4.79 Å². The highest BCUT2D eigenvalue weighted by molar-refractivity contribution is 7.14. The Labute approximate surface area is 154 Å². The molecule has 1 amide bonds. The molecule has 26 heavy (non-hydrogen) atoms. The van der Waals surface area contributed by atoms with E-state index in [2.05, 4.69) is 25.8 Å². The Balaban J connectivity index is 1.25. The molecule has 2 aliphatic carbocycles. The Morgan fingerprint density at radius 1 is 1.35 bits per heavy atom. The summed E-state index contributed by atoms with van der Waals surface area (Å²) in [4.78, 5) is 16.8. The smallest absolute Gasteiger partial charge is 0.226 e. The quantitative estimate of drug-likeness (QED) is 0.724. The number of aromatic nitrogens is 5. The Kier molecular flexibility index (Phi) is 3.77. The molecule has 1 N–H and O–H groups in total. The second kappa shape index (κ2) is 6.28. The fourth-order valence-corrected chi connectivity index (χ4v) is 4.30. The van der Waals surface area contributed by atoms with E-state index in [0.29, 0.717) is 17.5 Å². The number of hydrogen-bond donors (Lipinski definition) is 1. The summed E-state index contributed by atoms with van der Waals surface area (Å²) in [5.74, 6) is 2.39. The van der Waals surface area contributed by atoms with Crippen LogP contribution in [0.2, 0.25) is 0 Å². The summed E-state index contributed by atoms with van der Waals surface area (Å²) in [6.45, 7) is 0. The first-order valence-corrected chi connectivity index (χ1v) is 9.73. The van der Waals surface area contributed by atoms with Crippen LogP contribution in [0.3, 0.4) is 0 Å². The normalized spacial score (nSPS) is 21.5. The molecular formula is C18H18N6OS. The number of anilines is 1. The van der Waals surface area contributed by atoms with Crippen molar-refractivity contribution in [3.63, 3.8) is 0 Å². The van der Waals surface area contributed by atoms with E-state index < -0.39 is 0 Å². The highest BCUT2D eigenvalue weighted by Crippen LogP contribution is 2.55. The van der Waals surface area contributed by atoms with Crippen LogP contribution in [0.5, 0.6) is 0 Å². The van der Waals surface area contributed by atoms with E-state index in [1.165, 1.54) is 30.6 Å². The van der Waals surface area contributed by atoms with E-state index in [1.54, 1.807) is 11.0 Å². The fourth-order valence-electron chi connectivity index (χ4n) is 3.57. The van der Waals surface area contributed by atoms with Crippen molar-refractivity contribution in [2.24, 2.45) is 17.8 Å². The van der Waals surface area contributed by atoms with E-state index >= 15 is 0 Å². The highest BCUT2D eigenvalue weighted by atomic mass is 32.1. The standard InChI is InChI=1S/C18H18N6OS/c25-17(8-13-7-15(13)11-4-5-11)21-18-20-16(9-26-18)12-2-1-3-14(6-12)24-10-19-22-23-24/h1-3,6,9-11,13,15H,4-5,7-8H2,(H,20,21,25)/t13-,15-/m0/s1. The second-order valence-corrected chi connectivity index (χ2v) is 7.95. The van der Waals surface area contributed by atoms with E-state index in [-0.39, 0.29) is 5.91 Å². The second-order valence-electron chi connectivity index (χ2n) is 7.09. The van der Waals surface area contributed by atoms with Crippen molar-refractivity contribution >= 4 is 22.4 Å². The highest BCUT2D eigenvalue weighted by Gasteiger charge is 2.47. The minimum absolute atomic E-state index is 0.0847. The Bertz CT molecular complexity index is 933. The van der Waals surface area contributed by atoms with Gasteiger partial charge in [-0.15, -0.1) is 16.4 Å². The summed E-state index contributed by atoms with van der Waals surface area (Å²) in [5, 5.41) is 16.8. The summed E-state index contributed by atoms with van der Waals surface area (Å²) in [6.07, 6.45) is 6.14. The lowest BCUT2D eigenvalue weighted by molar-refractivity contribution is -0.116. The first-order valence-electron chi connectivity index (χ1n) is 8.85. The van der Waals surface area contributed by atoms with E-state index in [1.807, 2.05) is 29.6 Å². The minimum Gasteiger partial charge on any atom is -0.302 e. The number of tetrazole rings is 1. The average Bonchev–Trinajstić information content (AvgIpc) is 3.50. The largest absolute Gasteiger partial charge is 0.302 e. The van der Waals surface area contributed by atoms with Crippen molar-refractivity contribution in [3.05, 3.63) is 36.0 Å². The van der Waals surface area contributed by atoms with Gasteiger partial charge < -0.3 is 5.32 Å². The van der Waals surface area contributed by atoms with Gasteiger partial charge in [0.25, 0.3) is 0 Å². The third kappa shape index (κ3) is 3.24. The number of rotatable bonds is 6. The summed E-state index contributed by atoms with van der Waals surface area (Å²) >= 11 is 1.45. The lowest BCUT2D eigenvalue weighted by atomic mass is 10.1. The molecule has 1 aromatic carbocycles. The lowest BCUT2D eigenvalue weighted by Gasteiger charge is -2.02. The molecule has 2 heterocycles. The first-order chi connectivity index (χ1) is 12.8. The third-order valence-corrected chi connectivity index (χ3v) is 5.92. The number of carbonyl (C=O) groups is 1. The predicted octanol–water partition coefficient (Wildman–Crippen LogP) is 3.16. The molecule has 132 valence electrons.